The molecule has 0 aromatic heterocycles. The summed E-state index contributed by atoms with van der Waals surface area (Å²) in [6, 6.07) is 0. The van der Waals surface area contributed by atoms with Gasteiger partial charge in [0.25, 0.3) is 0 Å². The van der Waals surface area contributed by atoms with E-state index in [9.17, 15) is 4.79 Å². The maximum atomic E-state index is 11.1. The van der Waals surface area contributed by atoms with E-state index >= 15 is 0 Å². The van der Waals surface area contributed by atoms with Crippen molar-refractivity contribution in [1.29, 1.82) is 0 Å². The monoisotopic (exact) mass is 224 g/mol. The maximum absolute atomic E-state index is 11.1. The average Bonchev–Trinajstić information content (AvgIpc) is 2.25. The lowest BCUT2D eigenvalue weighted by Gasteiger charge is -2.30. The van der Waals surface area contributed by atoms with Gasteiger partial charge in [-0.05, 0) is 37.0 Å². The highest BCUT2D eigenvalue weighted by molar-refractivity contribution is 5.78. The number of Topliss-reactive ketones (excluding diaryl/α,β-unsaturated/α-hetero) is 1. The van der Waals surface area contributed by atoms with E-state index in [1.165, 1.54) is 44.9 Å². The smallest absolute Gasteiger partial charge is 0.132 e. The molecule has 2 fully saturated rings. The van der Waals surface area contributed by atoms with Gasteiger partial charge < -0.3 is 0 Å². The van der Waals surface area contributed by atoms with Crippen LogP contribution in [-0.4, -0.2) is 5.78 Å². The third-order valence-corrected chi connectivity index (χ3v) is 4.46. The van der Waals surface area contributed by atoms with Crippen LogP contribution in [0.4, 0.5) is 0 Å². The van der Waals surface area contributed by atoms with E-state index < -0.39 is 0 Å². The van der Waals surface area contributed by atoms with Gasteiger partial charge in [-0.2, -0.15) is 0 Å². The first-order valence-electron chi connectivity index (χ1n) is 6.75. The van der Waals surface area contributed by atoms with E-state index in [-0.39, 0.29) is 7.43 Å². The largest absolute Gasteiger partial charge is 0.300 e. The van der Waals surface area contributed by atoms with Gasteiger partial charge in [-0.25, -0.2) is 0 Å². The van der Waals surface area contributed by atoms with Crippen molar-refractivity contribution < 1.29 is 4.79 Å². The first-order valence-corrected chi connectivity index (χ1v) is 6.75. The number of ketones is 1. The van der Waals surface area contributed by atoms with Crippen molar-refractivity contribution in [1.82, 2.24) is 0 Å². The Morgan fingerprint density at radius 1 is 0.938 bits per heavy atom. The summed E-state index contributed by atoms with van der Waals surface area (Å²) in [6.45, 7) is 2.38. The van der Waals surface area contributed by atoms with Gasteiger partial charge in [0, 0.05) is 12.8 Å². The highest BCUT2D eigenvalue weighted by atomic mass is 16.1. The zero-order valence-electron chi connectivity index (χ0n) is 10.0. The Labute approximate surface area is 101 Å². The summed E-state index contributed by atoms with van der Waals surface area (Å²) < 4.78 is 0. The second-order valence-corrected chi connectivity index (χ2v) is 5.84. The molecule has 0 N–H and O–H groups in total. The highest BCUT2D eigenvalue weighted by Gasteiger charge is 2.24. The van der Waals surface area contributed by atoms with Gasteiger partial charge in [0.2, 0.25) is 0 Å². The van der Waals surface area contributed by atoms with Gasteiger partial charge in [-0.15, -0.1) is 0 Å². The molecule has 2 saturated carbocycles. The van der Waals surface area contributed by atoms with Gasteiger partial charge in [0.15, 0.2) is 0 Å². The number of carbonyl (C=O) groups excluding carboxylic acids is 1. The van der Waals surface area contributed by atoms with Crippen molar-refractivity contribution in [3.05, 3.63) is 0 Å². The van der Waals surface area contributed by atoms with Gasteiger partial charge in [-0.3, -0.25) is 4.79 Å². The van der Waals surface area contributed by atoms with Gasteiger partial charge >= 0.3 is 0 Å². The zero-order valence-corrected chi connectivity index (χ0v) is 10.0. The molecule has 0 aromatic rings. The summed E-state index contributed by atoms with van der Waals surface area (Å²) in [5.41, 5.74) is 0. The van der Waals surface area contributed by atoms with Crippen LogP contribution in [-0.2, 0) is 4.79 Å². The Balaban J connectivity index is 0.00000128. The summed E-state index contributed by atoms with van der Waals surface area (Å²) in [4.78, 5) is 11.1. The van der Waals surface area contributed by atoms with Crippen LogP contribution >= 0.6 is 0 Å². The van der Waals surface area contributed by atoms with Crippen LogP contribution in [0.15, 0.2) is 0 Å². The quantitative estimate of drug-likeness (QED) is 0.670. The molecule has 0 radical (unpaired) electrons. The summed E-state index contributed by atoms with van der Waals surface area (Å²) in [7, 11) is 0. The van der Waals surface area contributed by atoms with Crippen molar-refractivity contribution in [3.8, 4) is 0 Å². The third-order valence-electron chi connectivity index (χ3n) is 4.46. The van der Waals surface area contributed by atoms with E-state index in [4.69, 9.17) is 0 Å². The van der Waals surface area contributed by atoms with Gasteiger partial charge in [0.05, 0.1) is 0 Å². The molecule has 0 amide bonds. The van der Waals surface area contributed by atoms with Crippen LogP contribution in [0.1, 0.15) is 72.1 Å². The molecule has 2 rings (SSSR count). The predicted octanol–water partition coefficient (Wildman–Crippen LogP) is 4.60. The molecule has 0 saturated heterocycles. The van der Waals surface area contributed by atoms with Crippen LogP contribution in [0.5, 0.6) is 0 Å². The standard InChI is InChI=1S/C14H24O.CH4/c1-11-2-4-12(5-3-11)10-13-6-8-14(15)9-7-13;/h11-13H,2-10H2,1H3;1H4. The lowest BCUT2D eigenvalue weighted by molar-refractivity contribution is -0.121. The van der Waals surface area contributed by atoms with E-state index in [0.29, 0.717) is 5.78 Å². The van der Waals surface area contributed by atoms with Crippen molar-refractivity contribution in [3.63, 3.8) is 0 Å². The Kier molecular flexibility index (Phi) is 5.51. The minimum Gasteiger partial charge on any atom is -0.300 e. The molecule has 2 aliphatic carbocycles. The van der Waals surface area contributed by atoms with Crippen LogP contribution in [0.2, 0.25) is 0 Å². The Morgan fingerprint density at radius 2 is 1.44 bits per heavy atom. The molecule has 1 heteroatoms. The molecule has 0 unspecified atom stereocenters. The SMILES string of the molecule is C.CC1CCC(CC2CCC(=O)CC2)CC1. The molecule has 0 aromatic carbocycles. The van der Waals surface area contributed by atoms with Gasteiger partial charge in [-0.1, -0.05) is 40.0 Å². The Bertz CT molecular complexity index is 203. The first kappa shape index (κ1) is 13.7. The fourth-order valence-corrected chi connectivity index (χ4v) is 3.27. The number of hydrogen-bond donors (Lipinski definition) is 0. The van der Waals surface area contributed by atoms with Crippen LogP contribution in [0, 0.1) is 17.8 Å². The summed E-state index contributed by atoms with van der Waals surface area (Å²) in [6.07, 6.45) is 11.3. The molecular formula is C15H28O. The minimum atomic E-state index is 0. The second kappa shape index (κ2) is 6.42. The molecular weight excluding hydrogens is 196 g/mol. The van der Waals surface area contributed by atoms with E-state index in [2.05, 4.69) is 6.92 Å². The fraction of sp³-hybridized carbons (Fsp3) is 0.933. The van der Waals surface area contributed by atoms with Crippen molar-refractivity contribution >= 4 is 5.78 Å². The van der Waals surface area contributed by atoms with Crippen molar-refractivity contribution in [2.45, 2.75) is 72.1 Å². The molecule has 0 aliphatic heterocycles. The molecule has 2 aliphatic rings. The maximum Gasteiger partial charge on any atom is 0.132 e. The predicted molar refractivity (Wildman–Crippen MR) is 69.4 cm³/mol. The summed E-state index contributed by atoms with van der Waals surface area (Å²) in [5, 5.41) is 0. The molecule has 0 bridgehead atoms. The zero-order chi connectivity index (χ0) is 10.7. The number of rotatable bonds is 2. The van der Waals surface area contributed by atoms with Crippen molar-refractivity contribution in [2.75, 3.05) is 0 Å². The van der Waals surface area contributed by atoms with Crippen LogP contribution < -0.4 is 0 Å². The summed E-state index contributed by atoms with van der Waals surface area (Å²) in [5.74, 6) is 3.33. The molecule has 1 nitrogen and oxygen atoms in total. The first-order chi connectivity index (χ1) is 7.24. The fourth-order valence-electron chi connectivity index (χ4n) is 3.27. The lowest BCUT2D eigenvalue weighted by Crippen LogP contribution is -2.20. The lowest BCUT2D eigenvalue weighted by atomic mass is 9.75. The summed E-state index contributed by atoms with van der Waals surface area (Å²) >= 11 is 0. The second-order valence-electron chi connectivity index (χ2n) is 5.84. The third kappa shape index (κ3) is 3.92. The minimum absolute atomic E-state index is 0. The Morgan fingerprint density at radius 3 is 2.00 bits per heavy atom. The molecule has 0 heterocycles. The number of hydrogen-bond acceptors (Lipinski definition) is 1. The number of carbonyl (C=O) groups is 1. The Hall–Kier alpha value is -0.330. The van der Waals surface area contributed by atoms with E-state index in [1.807, 2.05) is 0 Å². The topological polar surface area (TPSA) is 17.1 Å². The van der Waals surface area contributed by atoms with Gasteiger partial charge in [0.1, 0.15) is 5.78 Å². The van der Waals surface area contributed by atoms with E-state index in [0.717, 1.165) is 30.6 Å². The molecule has 0 atom stereocenters. The van der Waals surface area contributed by atoms with Crippen LogP contribution in [0.3, 0.4) is 0 Å². The highest BCUT2D eigenvalue weighted by Crippen LogP contribution is 2.36. The molecule has 94 valence electrons. The molecule has 16 heavy (non-hydrogen) atoms. The van der Waals surface area contributed by atoms with Crippen molar-refractivity contribution in [2.24, 2.45) is 17.8 Å². The normalized spacial score (nSPS) is 32.2. The molecule has 0 spiro atoms. The van der Waals surface area contributed by atoms with Crippen LogP contribution in [0.25, 0.3) is 0 Å². The average molecular weight is 224 g/mol. The van der Waals surface area contributed by atoms with E-state index in [1.54, 1.807) is 0 Å².